The van der Waals surface area contributed by atoms with Gasteiger partial charge in [0.2, 0.25) is 5.89 Å². The van der Waals surface area contributed by atoms with Crippen molar-refractivity contribution >= 4 is 11.3 Å². The summed E-state index contributed by atoms with van der Waals surface area (Å²) >= 11 is 1.72. The molecule has 3 rings (SSSR count). The Morgan fingerprint density at radius 2 is 2.20 bits per heavy atom. The highest BCUT2D eigenvalue weighted by Gasteiger charge is 2.34. The second-order valence-corrected chi connectivity index (χ2v) is 6.60. The Morgan fingerprint density at radius 3 is 2.90 bits per heavy atom. The molecule has 20 heavy (non-hydrogen) atoms. The number of nitrogens with zero attached hydrogens (tertiary/aromatic N) is 3. The van der Waals surface area contributed by atoms with Crippen LogP contribution in [0.5, 0.6) is 0 Å². The van der Waals surface area contributed by atoms with Crippen molar-refractivity contribution in [3.05, 3.63) is 34.1 Å². The Labute approximate surface area is 123 Å². The first kappa shape index (κ1) is 13.7. The van der Waals surface area contributed by atoms with Crippen LogP contribution in [-0.2, 0) is 12.0 Å². The Bertz CT molecular complexity index is 543. The van der Waals surface area contributed by atoms with E-state index in [9.17, 15) is 0 Å². The third-order valence-corrected chi connectivity index (χ3v) is 4.70. The molecule has 0 spiro atoms. The standard InChI is InChI=1S/C14H20N4OS/c1-14(2,18-7-5-15-6-8-18)13-16-12(19-17-13)10-11-4-3-9-20-11/h3-4,9,15H,5-8,10H2,1-2H3. The smallest absolute Gasteiger partial charge is 0.231 e. The number of hydrogen-bond donors (Lipinski definition) is 1. The topological polar surface area (TPSA) is 54.2 Å². The molecule has 5 nitrogen and oxygen atoms in total. The van der Waals surface area contributed by atoms with Crippen LogP contribution in [0.4, 0.5) is 0 Å². The molecule has 0 saturated carbocycles. The summed E-state index contributed by atoms with van der Waals surface area (Å²) in [6.45, 7) is 8.40. The lowest BCUT2D eigenvalue weighted by Gasteiger charge is -2.38. The van der Waals surface area contributed by atoms with Crippen LogP contribution in [0.1, 0.15) is 30.4 Å². The van der Waals surface area contributed by atoms with Crippen LogP contribution in [0, 0.1) is 0 Å². The highest BCUT2D eigenvalue weighted by atomic mass is 32.1. The van der Waals surface area contributed by atoms with Crippen LogP contribution in [0.15, 0.2) is 22.0 Å². The second kappa shape index (κ2) is 5.63. The maximum atomic E-state index is 5.42. The zero-order valence-electron chi connectivity index (χ0n) is 11.9. The predicted octanol–water partition coefficient (Wildman–Crippen LogP) is 1.86. The van der Waals surface area contributed by atoms with Gasteiger partial charge in [0.1, 0.15) is 0 Å². The average Bonchev–Trinajstić information content (AvgIpc) is 3.12. The molecular formula is C14H20N4OS. The number of nitrogens with one attached hydrogen (secondary N) is 1. The van der Waals surface area contributed by atoms with Crippen molar-refractivity contribution in [2.45, 2.75) is 25.8 Å². The zero-order chi connectivity index (χ0) is 14.0. The number of thiophene rings is 1. The molecule has 3 heterocycles. The number of hydrogen-bond acceptors (Lipinski definition) is 6. The summed E-state index contributed by atoms with van der Waals surface area (Å²) in [5, 5.41) is 9.64. The SMILES string of the molecule is CC(C)(c1noc(Cc2cccs2)n1)N1CCNCC1. The van der Waals surface area contributed by atoms with E-state index in [1.54, 1.807) is 11.3 Å². The van der Waals surface area contributed by atoms with Gasteiger partial charge in [-0.15, -0.1) is 11.3 Å². The predicted molar refractivity (Wildman–Crippen MR) is 78.9 cm³/mol. The average molecular weight is 292 g/mol. The monoisotopic (exact) mass is 292 g/mol. The van der Waals surface area contributed by atoms with E-state index in [4.69, 9.17) is 4.52 Å². The highest BCUT2D eigenvalue weighted by Crippen LogP contribution is 2.26. The lowest BCUT2D eigenvalue weighted by Crippen LogP contribution is -2.52. The van der Waals surface area contributed by atoms with Crippen molar-refractivity contribution in [1.82, 2.24) is 20.4 Å². The summed E-state index contributed by atoms with van der Waals surface area (Å²) in [5.74, 6) is 1.48. The van der Waals surface area contributed by atoms with Gasteiger partial charge < -0.3 is 9.84 Å². The molecule has 0 atom stereocenters. The Kier molecular flexibility index (Phi) is 3.87. The van der Waals surface area contributed by atoms with Gasteiger partial charge >= 0.3 is 0 Å². The van der Waals surface area contributed by atoms with Crippen molar-refractivity contribution in [3.8, 4) is 0 Å². The fraction of sp³-hybridized carbons (Fsp3) is 0.571. The van der Waals surface area contributed by atoms with Gasteiger partial charge in [-0.1, -0.05) is 11.2 Å². The van der Waals surface area contributed by atoms with Gasteiger partial charge in [0.25, 0.3) is 0 Å². The Balaban J connectivity index is 1.74. The van der Waals surface area contributed by atoms with Gasteiger partial charge in [-0.25, -0.2) is 0 Å². The van der Waals surface area contributed by atoms with E-state index in [1.807, 2.05) is 6.07 Å². The molecule has 2 aromatic rings. The van der Waals surface area contributed by atoms with Crippen LogP contribution in [0.3, 0.4) is 0 Å². The first-order valence-corrected chi connectivity index (χ1v) is 7.85. The lowest BCUT2D eigenvalue weighted by molar-refractivity contribution is 0.0924. The summed E-state index contributed by atoms with van der Waals surface area (Å²) in [6, 6.07) is 4.14. The van der Waals surface area contributed by atoms with E-state index < -0.39 is 0 Å². The van der Waals surface area contributed by atoms with E-state index in [-0.39, 0.29) is 5.54 Å². The van der Waals surface area contributed by atoms with Gasteiger partial charge in [0.15, 0.2) is 5.82 Å². The first-order chi connectivity index (χ1) is 9.66. The summed E-state index contributed by atoms with van der Waals surface area (Å²) in [4.78, 5) is 8.26. The van der Waals surface area contributed by atoms with Crippen LogP contribution < -0.4 is 5.32 Å². The van der Waals surface area contributed by atoms with Crippen molar-refractivity contribution < 1.29 is 4.52 Å². The maximum Gasteiger partial charge on any atom is 0.231 e. The van der Waals surface area contributed by atoms with Crippen molar-refractivity contribution in [2.24, 2.45) is 0 Å². The molecule has 1 saturated heterocycles. The van der Waals surface area contributed by atoms with Gasteiger partial charge in [-0.3, -0.25) is 4.90 Å². The molecule has 1 N–H and O–H groups in total. The third-order valence-electron chi connectivity index (χ3n) is 3.83. The van der Waals surface area contributed by atoms with Crippen LogP contribution in [0.25, 0.3) is 0 Å². The summed E-state index contributed by atoms with van der Waals surface area (Å²) < 4.78 is 5.42. The van der Waals surface area contributed by atoms with Gasteiger partial charge in [-0.2, -0.15) is 4.98 Å². The Hall–Kier alpha value is -1.24. The van der Waals surface area contributed by atoms with E-state index >= 15 is 0 Å². The molecular weight excluding hydrogens is 272 g/mol. The van der Waals surface area contributed by atoms with E-state index in [0.717, 1.165) is 38.4 Å². The molecule has 0 aliphatic carbocycles. The van der Waals surface area contributed by atoms with Gasteiger partial charge in [0, 0.05) is 31.1 Å². The largest absolute Gasteiger partial charge is 0.339 e. The second-order valence-electron chi connectivity index (χ2n) is 5.56. The minimum absolute atomic E-state index is 0.181. The molecule has 2 aromatic heterocycles. The minimum Gasteiger partial charge on any atom is -0.339 e. The third kappa shape index (κ3) is 2.77. The lowest BCUT2D eigenvalue weighted by atomic mass is 10.0. The fourth-order valence-corrected chi connectivity index (χ4v) is 3.20. The number of aromatic nitrogens is 2. The normalized spacial score (nSPS) is 17.5. The number of piperazine rings is 1. The summed E-state index contributed by atoms with van der Waals surface area (Å²) in [7, 11) is 0. The van der Waals surface area contributed by atoms with Crippen molar-refractivity contribution in [3.63, 3.8) is 0 Å². The van der Waals surface area contributed by atoms with Gasteiger partial charge in [-0.05, 0) is 25.3 Å². The molecule has 1 aliphatic heterocycles. The van der Waals surface area contributed by atoms with E-state index in [1.165, 1.54) is 4.88 Å². The maximum absolute atomic E-state index is 5.42. The summed E-state index contributed by atoms with van der Waals surface area (Å²) in [5.41, 5.74) is -0.181. The van der Waals surface area contributed by atoms with Crippen LogP contribution in [-0.4, -0.2) is 41.2 Å². The van der Waals surface area contributed by atoms with Crippen LogP contribution in [0.2, 0.25) is 0 Å². The van der Waals surface area contributed by atoms with Crippen molar-refractivity contribution in [1.29, 1.82) is 0 Å². The van der Waals surface area contributed by atoms with Crippen LogP contribution >= 0.6 is 11.3 Å². The Morgan fingerprint density at radius 1 is 1.40 bits per heavy atom. The number of rotatable bonds is 4. The molecule has 6 heteroatoms. The molecule has 108 valence electrons. The summed E-state index contributed by atoms with van der Waals surface area (Å²) in [6.07, 6.45) is 0.725. The molecule has 0 radical (unpaired) electrons. The van der Waals surface area contributed by atoms with Gasteiger partial charge in [0.05, 0.1) is 12.0 Å². The molecule has 0 unspecified atom stereocenters. The van der Waals surface area contributed by atoms with Crippen molar-refractivity contribution in [2.75, 3.05) is 26.2 Å². The van der Waals surface area contributed by atoms with E-state index in [0.29, 0.717) is 5.89 Å². The molecule has 1 fully saturated rings. The van der Waals surface area contributed by atoms with E-state index in [2.05, 4.69) is 45.7 Å². The molecule has 1 aliphatic rings. The molecule has 0 aromatic carbocycles. The molecule has 0 bridgehead atoms. The molecule has 0 amide bonds. The first-order valence-electron chi connectivity index (χ1n) is 6.97. The fourth-order valence-electron chi connectivity index (χ4n) is 2.50. The quantitative estimate of drug-likeness (QED) is 0.932. The minimum atomic E-state index is -0.181. The zero-order valence-corrected chi connectivity index (χ0v) is 12.7. The highest BCUT2D eigenvalue weighted by molar-refractivity contribution is 7.09.